The summed E-state index contributed by atoms with van der Waals surface area (Å²) in [7, 11) is 0. The molecule has 0 bridgehead atoms. The summed E-state index contributed by atoms with van der Waals surface area (Å²) in [4.78, 5) is 0. The van der Waals surface area contributed by atoms with Crippen LogP contribution in [-0.4, -0.2) is 6.36 Å². The summed E-state index contributed by atoms with van der Waals surface area (Å²) in [5.74, 6) is -0.107. The molecule has 0 N–H and O–H groups in total. The van der Waals surface area contributed by atoms with E-state index in [1.807, 2.05) is 6.92 Å². The number of hydrogen-bond donors (Lipinski definition) is 0. The molecule has 0 spiro atoms. The first-order valence-corrected chi connectivity index (χ1v) is 5.37. The lowest BCUT2D eigenvalue weighted by Gasteiger charge is -2.15. The molecule has 0 aromatic heterocycles. The fraction of sp³-hybridized carbons (Fsp3) is 0.400. The van der Waals surface area contributed by atoms with E-state index in [0.29, 0.717) is 16.5 Å². The summed E-state index contributed by atoms with van der Waals surface area (Å²) in [6, 6.07) is 3.33. The highest BCUT2D eigenvalue weighted by atomic mass is 79.9. The van der Waals surface area contributed by atoms with Crippen LogP contribution >= 0.6 is 15.9 Å². The Bertz CT molecular complexity index is 360. The van der Waals surface area contributed by atoms with E-state index in [0.717, 1.165) is 5.56 Å². The average molecular weight is 283 g/mol. The van der Waals surface area contributed by atoms with Gasteiger partial charge in [-0.2, -0.15) is 0 Å². The summed E-state index contributed by atoms with van der Waals surface area (Å²) in [6.07, 6.45) is -4.64. The van der Waals surface area contributed by atoms with Crippen molar-refractivity contribution in [1.82, 2.24) is 0 Å². The van der Waals surface area contributed by atoms with Crippen molar-refractivity contribution in [2.45, 2.75) is 25.5 Å². The van der Waals surface area contributed by atoms with Gasteiger partial charge < -0.3 is 4.74 Å². The van der Waals surface area contributed by atoms with Crippen LogP contribution in [0.4, 0.5) is 13.2 Å². The second kappa shape index (κ2) is 4.43. The van der Waals surface area contributed by atoms with E-state index < -0.39 is 6.36 Å². The molecule has 0 amide bonds. The number of aryl methyl sites for hydroxylation is 2. The molecule has 5 heteroatoms. The monoisotopic (exact) mass is 282 g/mol. The molecule has 0 aliphatic rings. The molecule has 0 unspecified atom stereocenters. The van der Waals surface area contributed by atoms with Crippen molar-refractivity contribution in [3.05, 3.63) is 28.8 Å². The molecule has 1 rings (SSSR count). The van der Waals surface area contributed by atoms with Crippen LogP contribution in [0.5, 0.6) is 5.75 Å². The fourth-order valence-electron chi connectivity index (χ4n) is 1.40. The summed E-state index contributed by atoms with van der Waals surface area (Å²) in [5, 5.41) is 0.334. The van der Waals surface area contributed by atoms with Crippen LogP contribution in [0.25, 0.3) is 0 Å². The molecule has 0 fully saturated rings. The second-order valence-corrected chi connectivity index (χ2v) is 3.81. The van der Waals surface area contributed by atoms with Gasteiger partial charge in [0.25, 0.3) is 0 Å². The van der Waals surface area contributed by atoms with Crippen LogP contribution in [0.3, 0.4) is 0 Å². The number of ether oxygens (including phenoxy) is 1. The summed E-state index contributed by atoms with van der Waals surface area (Å²) in [5.41, 5.74) is 1.91. The van der Waals surface area contributed by atoms with E-state index in [1.54, 1.807) is 19.1 Å². The first-order chi connectivity index (χ1) is 6.83. The first-order valence-electron chi connectivity index (χ1n) is 4.25. The number of halogens is 4. The summed E-state index contributed by atoms with van der Waals surface area (Å²) in [6.45, 7) is 3.43. The third-order valence-electron chi connectivity index (χ3n) is 1.86. The Balaban J connectivity index is 3.15. The van der Waals surface area contributed by atoms with Gasteiger partial charge in [-0.05, 0) is 19.4 Å². The largest absolute Gasteiger partial charge is 0.573 e. The zero-order valence-corrected chi connectivity index (χ0v) is 9.87. The van der Waals surface area contributed by atoms with Gasteiger partial charge in [0.05, 0.1) is 0 Å². The molecule has 1 aromatic rings. The van der Waals surface area contributed by atoms with Gasteiger partial charge in [0.15, 0.2) is 0 Å². The quantitative estimate of drug-likeness (QED) is 0.742. The molecule has 1 aromatic carbocycles. The number of benzene rings is 1. The molecule has 0 saturated carbocycles. The normalized spacial score (nSPS) is 11.6. The van der Waals surface area contributed by atoms with Gasteiger partial charge in [0, 0.05) is 10.9 Å². The Morgan fingerprint density at radius 2 is 1.87 bits per heavy atom. The van der Waals surface area contributed by atoms with Gasteiger partial charge in [-0.3, -0.25) is 0 Å². The number of hydrogen-bond acceptors (Lipinski definition) is 1. The molecule has 0 radical (unpaired) electrons. The molecule has 0 aliphatic heterocycles. The Morgan fingerprint density at radius 3 is 2.33 bits per heavy atom. The highest BCUT2D eigenvalue weighted by Crippen LogP contribution is 2.32. The van der Waals surface area contributed by atoms with E-state index in [9.17, 15) is 13.2 Å². The maximum Gasteiger partial charge on any atom is 0.573 e. The first kappa shape index (κ1) is 12.4. The maximum atomic E-state index is 12.1. The zero-order chi connectivity index (χ0) is 11.6. The third-order valence-corrected chi connectivity index (χ3v) is 2.46. The molecule has 1 nitrogen and oxygen atoms in total. The van der Waals surface area contributed by atoms with E-state index in [2.05, 4.69) is 20.7 Å². The van der Waals surface area contributed by atoms with Crippen LogP contribution in [0.1, 0.15) is 16.7 Å². The van der Waals surface area contributed by atoms with Gasteiger partial charge in [-0.15, -0.1) is 13.2 Å². The number of rotatable bonds is 2. The molecule has 15 heavy (non-hydrogen) atoms. The highest BCUT2D eigenvalue weighted by molar-refractivity contribution is 9.08. The maximum absolute atomic E-state index is 12.1. The fourth-order valence-corrected chi connectivity index (χ4v) is 1.82. The Labute approximate surface area is 94.4 Å². The Hall–Kier alpha value is -0.710. The predicted molar refractivity (Wildman–Crippen MR) is 55.2 cm³/mol. The minimum Gasteiger partial charge on any atom is -0.405 e. The summed E-state index contributed by atoms with van der Waals surface area (Å²) >= 11 is 3.14. The predicted octanol–water partition coefficient (Wildman–Crippen LogP) is 4.10. The van der Waals surface area contributed by atoms with E-state index in [1.165, 1.54) is 0 Å². The Morgan fingerprint density at radius 1 is 1.27 bits per heavy atom. The lowest BCUT2D eigenvalue weighted by molar-refractivity contribution is -0.275. The van der Waals surface area contributed by atoms with Crippen LogP contribution in [0, 0.1) is 13.8 Å². The van der Waals surface area contributed by atoms with E-state index >= 15 is 0 Å². The van der Waals surface area contributed by atoms with Crippen molar-refractivity contribution in [3.8, 4) is 5.75 Å². The van der Waals surface area contributed by atoms with E-state index in [4.69, 9.17) is 0 Å². The lowest BCUT2D eigenvalue weighted by Crippen LogP contribution is -2.18. The van der Waals surface area contributed by atoms with Gasteiger partial charge in [0.2, 0.25) is 0 Å². The van der Waals surface area contributed by atoms with Crippen molar-refractivity contribution in [2.24, 2.45) is 0 Å². The molecular formula is C10H10BrF3O. The SMILES string of the molecule is Cc1cc(C)c(OC(F)(F)F)c(CBr)c1. The third kappa shape index (κ3) is 3.41. The van der Waals surface area contributed by atoms with Crippen molar-refractivity contribution >= 4 is 15.9 Å². The van der Waals surface area contributed by atoms with Crippen molar-refractivity contribution in [1.29, 1.82) is 0 Å². The summed E-state index contributed by atoms with van der Waals surface area (Å²) < 4.78 is 40.3. The van der Waals surface area contributed by atoms with Crippen molar-refractivity contribution in [3.63, 3.8) is 0 Å². The minimum absolute atomic E-state index is 0.107. The molecular weight excluding hydrogens is 273 g/mol. The minimum atomic E-state index is -4.64. The lowest BCUT2D eigenvalue weighted by atomic mass is 10.1. The topological polar surface area (TPSA) is 9.23 Å². The van der Waals surface area contributed by atoms with Crippen LogP contribution < -0.4 is 4.74 Å². The molecule has 0 aliphatic carbocycles. The smallest absolute Gasteiger partial charge is 0.405 e. The second-order valence-electron chi connectivity index (χ2n) is 3.25. The van der Waals surface area contributed by atoms with Gasteiger partial charge in [-0.1, -0.05) is 33.6 Å². The highest BCUT2D eigenvalue weighted by Gasteiger charge is 2.32. The van der Waals surface area contributed by atoms with Crippen LogP contribution in [0.15, 0.2) is 12.1 Å². The molecule has 0 saturated heterocycles. The van der Waals surface area contributed by atoms with E-state index in [-0.39, 0.29) is 5.75 Å². The number of alkyl halides is 4. The standard InChI is InChI=1S/C10H10BrF3O/c1-6-3-7(2)9(8(4-6)5-11)15-10(12,13)14/h3-4H,5H2,1-2H3. The molecule has 84 valence electrons. The Kier molecular flexibility index (Phi) is 3.65. The average Bonchev–Trinajstić information content (AvgIpc) is 2.07. The van der Waals surface area contributed by atoms with Crippen molar-refractivity contribution < 1.29 is 17.9 Å². The van der Waals surface area contributed by atoms with Crippen LogP contribution in [0.2, 0.25) is 0 Å². The van der Waals surface area contributed by atoms with Gasteiger partial charge >= 0.3 is 6.36 Å². The van der Waals surface area contributed by atoms with Crippen LogP contribution in [-0.2, 0) is 5.33 Å². The van der Waals surface area contributed by atoms with Gasteiger partial charge in [-0.25, -0.2) is 0 Å². The molecule has 0 atom stereocenters. The van der Waals surface area contributed by atoms with Crippen molar-refractivity contribution in [2.75, 3.05) is 0 Å². The zero-order valence-electron chi connectivity index (χ0n) is 8.28. The molecule has 0 heterocycles. The van der Waals surface area contributed by atoms with Gasteiger partial charge in [0.1, 0.15) is 5.75 Å².